The number of anilines is 1. The fourth-order valence-corrected chi connectivity index (χ4v) is 4.00. The van der Waals surface area contributed by atoms with Crippen LogP contribution in [0.3, 0.4) is 0 Å². The number of phosphoric ester groups is 1. The molecule has 1 aliphatic heterocycles. The van der Waals surface area contributed by atoms with Crippen molar-refractivity contribution in [2.45, 2.75) is 24.5 Å². The van der Waals surface area contributed by atoms with E-state index in [-0.39, 0.29) is 40.0 Å². The van der Waals surface area contributed by atoms with Crippen molar-refractivity contribution in [3.8, 4) is 0 Å². The molecule has 1 fully saturated rings. The second-order valence-corrected chi connectivity index (χ2v) is 8.17. The number of hydrogen-bond acceptors (Lipinski definition) is 13. The number of nitrogen functional groups attached to an aromatic ring is 1. The summed E-state index contributed by atoms with van der Waals surface area (Å²) in [4.78, 5) is 41.9. The molecule has 1 aliphatic rings. The molecule has 0 aliphatic carbocycles. The van der Waals surface area contributed by atoms with Crippen LogP contribution in [0.25, 0.3) is 11.2 Å². The van der Waals surface area contributed by atoms with Crippen molar-refractivity contribution in [3.63, 3.8) is 0 Å². The van der Waals surface area contributed by atoms with E-state index in [0.29, 0.717) is 0 Å². The Bertz CT molecular complexity index is 938. The van der Waals surface area contributed by atoms with Gasteiger partial charge in [0, 0.05) is 0 Å². The molecule has 18 heteroatoms. The van der Waals surface area contributed by atoms with Crippen LogP contribution in [0.4, 0.5) is 5.82 Å². The fourth-order valence-electron chi connectivity index (χ4n) is 2.47. The summed E-state index contributed by atoms with van der Waals surface area (Å²) in [6.45, 7) is -0.904. The van der Waals surface area contributed by atoms with E-state index in [1.54, 1.807) is 0 Å². The van der Waals surface area contributed by atoms with Crippen molar-refractivity contribution in [1.29, 1.82) is 0 Å². The maximum absolute atomic E-state index is 11.3. The van der Waals surface area contributed by atoms with Gasteiger partial charge in [-0.1, -0.05) is 0 Å². The summed E-state index contributed by atoms with van der Waals surface area (Å²) in [5, 5.41) is 20.2. The Balaban J connectivity index is 0.00000280. The molecule has 15 nitrogen and oxygen atoms in total. The molecule has 6 atom stereocenters. The van der Waals surface area contributed by atoms with E-state index in [1.807, 2.05) is 0 Å². The van der Waals surface area contributed by atoms with Crippen LogP contribution in [0.1, 0.15) is 6.23 Å². The minimum absolute atomic E-state index is 0. The molecule has 0 spiro atoms. The zero-order valence-electron chi connectivity index (χ0n) is 13.8. The van der Waals surface area contributed by atoms with Crippen molar-refractivity contribution in [2.24, 2.45) is 0 Å². The molecule has 1 saturated heterocycles. The summed E-state index contributed by atoms with van der Waals surface area (Å²) in [5.41, 5.74) is 6.06. The zero-order valence-corrected chi connectivity index (χ0v) is 17.0. The van der Waals surface area contributed by atoms with Gasteiger partial charge in [0.2, 0.25) is 0 Å². The number of nitrogens with two attached hydrogens (primary N) is 1. The Morgan fingerprint density at radius 2 is 1.93 bits per heavy atom. The number of rotatable bonds is 6. The molecule has 0 amide bonds. The zero-order chi connectivity index (χ0) is 20.0. The predicted molar refractivity (Wildman–Crippen MR) is 85.9 cm³/mol. The van der Waals surface area contributed by atoms with E-state index in [1.165, 1.54) is 10.9 Å². The summed E-state index contributed by atoms with van der Waals surface area (Å²) in [7, 11) is -11.0. The third-order valence-corrected chi connectivity index (χ3v) is 5.69. The number of aliphatic hydroxyl groups is 2. The van der Waals surface area contributed by atoms with Gasteiger partial charge in [0.25, 0.3) is 15.6 Å². The van der Waals surface area contributed by atoms with E-state index in [9.17, 15) is 29.1 Å². The molecule has 2 aromatic heterocycles. The van der Waals surface area contributed by atoms with Crippen LogP contribution in [-0.4, -0.2) is 82.6 Å². The molecular weight excluding hydrogens is 436 g/mol. The summed E-state index contributed by atoms with van der Waals surface area (Å²) in [5.74, 6) is 0.0714. The average molecular weight is 449 g/mol. The van der Waals surface area contributed by atoms with Crippen LogP contribution in [0.15, 0.2) is 12.7 Å². The number of ether oxygens (including phenoxy) is 1. The Kier molecular flexibility index (Phi) is 7.19. The Labute approximate surface area is 172 Å². The van der Waals surface area contributed by atoms with E-state index in [4.69, 9.17) is 15.4 Å². The van der Waals surface area contributed by atoms with Crippen molar-refractivity contribution >= 4 is 55.7 Å². The van der Waals surface area contributed by atoms with Crippen molar-refractivity contribution in [2.75, 3.05) is 12.3 Å². The van der Waals surface area contributed by atoms with E-state index in [2.05, 4.69) is 23.8 Å². The smallest absolute Gasteiger partial charge is 0.756 e. The quantitative estimate of drug-likeness (QED) is 0.248. The van der Waals surface area contributed by atoms with Crippen LogP contribution in [-0.2, 0) is 22.7 Å². The van der Waals surface area contributed by atoms with Gasteiger partial charge in [0.15, 0.2) is 17.7 Å². The molecule has 3 heterocycles. The average Bonchev–Trinajstić information content (AvgIpc) is 3.07. The van der Waals surface area contributed by atoms with Crippen molar-refractivity contribution < 1.29 is 47.6 Å². The number of fused-ring (bicyclic) bond motifs is 1. The molecule has 2 aromatic rings. The molecule has 0 bridgehead atoms. The topological polar surface area (TPSA) is 238 Å². The Hall–Kier alpha value is -0.744. The third kappa shape index (κ3) is 5.05. The Morgan fingerprint density at radius 3 is 2.57 bits per heavy atom. The van der Waals surface area contributed by atoms with Gasteiger partial charge in [-0.25, -0.2) is 19.3 Å². The molecule has 0 saturated carbocycles. The summed E-state index contributed by atoms with van der Waals surface area (Å²) < 4.78 is 36.1. The van der Waals surface area contributed by atoms with Gasteiger partial charge in [0.05, 0.1) is 12.9 Å². The van der Waals surface area contributed by atoms with Gasteiger partial charge in [-0.2, -0.15) is 0 Å². The normalized spacial score (nSPS) is 29.2. The molecule has 5 N–H and O–H groups in total. The molecule has 28 heavy (non-hydrogen) atoms. The third-order valence-electron chi connectivity index (χ3n) is 3.60. The first-order valence-electron chi connectivity index (χ1n) is 7.14. The van der Waals surface area contributed by atoms with Gasteiger partial charge < -0.3 is 39.9 Å². The first kappa shape index (κ1) is 23.5. The number of nitrogens with zero attached hydrogens (tertiary/aromatic N) is 4. The van der Waals surface area contributed by atoms with Gasteiger partial charge in [-0.3, -0.25) is 13.7 Å². The molecule has 150 valence electrons. The Morgan fingerprint density at radius 1 is 1.25 bits per heavy atom. The largest absolute Gasteiger partial charge is 2.00 e. The minimum Gasteiger partial charge on any atom is -0.756 e. The number of imidazole rings is 1. The molecule has 3 rings (SSSR count). The van der Waals surface area contributed by atoms with Crippen molar-refractivity contribution in [1.82, 2.24) is 19.5 Å². The summed E-state index contributed by atoms with van der Waals surface area (Å²) in [6, 6.07) is 0. The molecule has 0 aromatic carbocycles. The van der Waals surface area contributed by atoms with Gasteiger partial charge in [-0.15, -0.1) is 0 Å². The van der Waals surface area contributed by atoms with E-state index in [0.717, 1.165) is 6.33 Å². The number of aromatic nitrogens is 4. The second-order valence-electron chi connectivity index (χ2n) is 5.42. The van der Waals surface area contributed by atoms with Crippen LogP contribution in [0.2, 0.25) is 0 Å². The first-order chi connectivity index (χ1) is 12.5. The van der Waals surface area contributed by atoms with Crippen LogP contribution in [0, 0.1) is 0 Å². The van der Waals surface area contributed by atoms with Crippen LogP contribution in [0.5, 0.6) is 0 Å². The second kappa shape index (κ2) is 8.55. The van der Waals surface area contributed by atoms with Gasteiger partial charge >= 0.3 is 23.1 Å². The minimum atomic E-state index is -5.60. The SMILES string of the molecule is Nc1ncnc2c1ncn2[C@@H]1O[C@H](COP(=O)([O-])OP(=O)([O-])O)[C@@H](O)[C@H]1O.[Mg+2]. The maximum Gasteiger partial charge on any atom is 2.00 e. The molecular formula is C10H13MgN5O10P2. The molecule has 2 unspecified atom stereocenters. The van der Waals surface area contributed by atoms with E-state index >= 15 is 0 Å². The first-order valence-corrected chi connectivity index (χ1v) is 10.1. The maximum atomic E-state index is 11.3. The fraction of sp³-hybridized carbons (Fsp3) is 0.500. The van der Waals surface area contributed by atoms with Gasteiger partial charge in [0.1, 0.15) is 30.2 Å². The molecule has 0 radical (unpaired) electrons. The van der Waals surface area contributed by atoms with Crippen LogP contribution < -0.4 is 15.5 Å². The number of aliphatic hydroxyl groups excluding tert-OH is 2. The van der Waals surface area contributed by atoms with Crippen LogP contribution >= 0.6 is 15.6 Å². The standard InChI is InChI=1S/C10H15N5O10P2.Mg/c11-8-5-9(13-2-12-8)15(3-14-5)10-7(17)6(16)4(24-10)1-23-27(21,22)25-26(18,19)20;/h2-4,6-7,10,16-17H,1H2,(H,21,22)(H2,11,12,13)(H2,18,19,20);/q;+2/p-2/t4-,6-,7-,10-;/m1./s1. The number of phosphoric acid groups is 2. The summed E-state index contributed by atoms with van der Waals surface area (Å²) >= 11 is 0. The van der Waals surface area contributed by atoms with E-state index < -0.39 is 46.8 Å². The van der Waals surface area contributed by atoms with Gasteiger partial charge in [-0.05, 0) is 0 Å². The number of hydrogen-bond donors (Lipinski definition) is 4. The van der Waals surface area contributed by atoms with Crippen molar-refractivity contribution in [3.05, 3.63) is 12.7 Å². The predicted octanol–water partition coefficient (Wildman–Crippen LogP) is -3.39. The monoisotopic (exact) mass is 449 g/mol. The summed E-state index contributed by atoms with van der Waals surface area (Å²) in [6.07, 6.45) is -3.40.